The van der Waals surface area contributed by atoms with Crippen molar-refractivity contribution in [2.75, 3.05) is 48.3 Å². The van der Waals surface area contributed by atoms with Crippen LogP contribution in [0.2, 0.25) is 0 Å². The van der Waals surface area contributed by atoms with Crippen LogP contribution in [-0.4, -0.2) is 75.8 Å². The Morgan fingerprint density at radius 3 is 2.44 bits per heavy atom. The van der Waals surface area contributed by atoms with Gasteiger partial charge in [0.05, 0.1) is 6.33 Å². The molecule has 3 fully saturated rings. The zero-order valence-corrected chi connectivity index (χ0v) is 21.8. The van der Waals surface area contributed by atoms with Crippen molar-refractivity contribution in [1.82, 2.24) is 24.4 Å². The number of nitrogens with one attached hydrogen (secondary N) is 1. The summed E-state index contributed by atoms with van der Waals surface area (Å²) in [6.07, 6.45) is 6.43. The topological polar surface area (TPSA) is 91.4 Å². The number of hydrogen-bond donors (Lipinski definition) is 2. The molecule has 9 nitrogen and oxygen atoms in total. The van der Waals surface area contributed by atoms with Gasteiger partial charge >= 0.3 is 0 Å². The second kappa shape index (κ2) is 9.52. The number of para-hydroxylation sites is 1. The van der Waals surface area contributed by atoms with Gasteiger partial charge in [-0.2, -0.15) is 9.97 Å². The molecule has 0 saturated carbocycles. The summed E-state index contributed by atoms with van der Waals surface area (Å²) in [6, 6.07) is 10.7. The minimum atomic E-state index is 0.269. The molecule has 1 aromatic carbocycles. The third-order valence-electron chi connectivity index (χ3n) is 8.41. The summed E-state index contributed by atoms with van der Waals surface area (Å²) in [4.78, 5) is 22.1. The van der Waals surface area contributed by atoms with E-state index in [1.165, 1.54) is 24.1 Å². The molecule has 3 N–H and O–H groups in total. The lowest BCUT2D eigenvalue weighted by Gasteiger charge is -2.41. The first kappa shape index (κ1) is 23.5. The van der Waals surface area contributed by atoms with Gasteiger partial charge in [0.1, 0.15) is 0 Å². The highest BCUT2D eigenvalue weighted by Gasteiger charge is 2.37. The van der Waals surface area contributed by atoms with Gasteiger partial charge in [-0.15, -0.1) is 0 Å². The summed E-state index contributed by atoms with van der Waals surface area (Å²) in [5.41, 5.74) is 10.5. The number of imidazole rings is 1. The number of anilines is 3. The second-order valence-corrected chi connectivity index (χ2v) is 11.1. The lowest BCUT2D eigenvalue weighted by Crippen LogP contribution is -2.52. The molecule has 6 rings (SSSR count). The molecule has 2 bridgehead atoms. The number of piperidine rings is 1. The molecule has 0 spiro atoms. The van der Waals surface area contributed by atoms with E-state index in [2.05, 4.69) is 69.7 Å². The number of benzene rings is 1. The molecule has 36 heavy (non-hydrogen) atoms. The minimum Gasteiger partial charge on any atom is -0.368 e. The Balaban J connectivity index is 1.29. The molecule has 0 aliphatic carbocycles. The van der Waals surface area contributed by atoms with E-state index in [1.807, 2.05) is 6.33 Å². The minimum absolute atomic E-state index is 0.269. The monoisotopic (exact) mass is 489 g/mol. The molecule has 5 heterocycles. The Labute approximate surface area is 213 Å². The van der Waals surface area contributed by atoms with Crippen molar-refractivity contribution in [2.45, 2.75) is 70.2 Å². The summed E-state index contributed by atoms with van der Waals surface area (Å²) in [5.74, 6) is 1.57. The Bertz CT molecular complexity index is 1200. The Morgan fingerprint density at radius 2 is 1.72 bits per heavy atom. The fraction of sp³-hybridized carbons (Fsp3) is 0.593. The number of aromatic nitrogens is 4. The molecule has 3 aromatic rings. The number of fused-ring (bicyclic) bond motifs is 3. The highest BCUT2D eigenvalue weighted by Crippen LogP contribution is 2.33. The summed E-state index contributed by atoms with van der Waals surface area (Å²) >= 11 is 0. The molecule has 3 aliphatic heterocycles. The lowest BCUT2D eigenvalue weighted by atomic mass is 10.1. The third kappa shape index (κ3) is 4.28. The maximum absolute atomic E-state index is 6.16. The maximum atomic E-state index is 6.16. The molecule has 3 aliphatic rings. The molecule has 9 heteroatoms. The van der Waals surface area contributed by atoms with Gasteiger partial charge in [0, 0.05) is 62.6 Å². The third-order valence-corrected chi connectivity index (χ3v) is 8.41. The van der Waals surface area contributed by atoms with Crippen LogP contribution in [0, 0.1) is 0 Å². The molecule has 2 atom stereocenters. The molecule has 3 saturated heterocycles. The predicted molar refractivity (Wildman–Crippen MR) is 146 cm³/mol. The van der Waals surface area contributed by atoms with Crippen LogP contribution in [0.25, 0.3) is 11.2 Å². The second-order valence-electron chi connectivity index (χ2n) is 11.1. The quantitative estimate of drug-likeness (QED) is 0.545. The maximum Gasteiger partial charge on any atom is 0.229 e. The van der Waals surface area contributed by atoms with Crippen molar-refractivity contribution in [1.29, 1.82) is 0 Å². The van der Waals surface area contributed by atoms with Crippen LogP contribution in [0.4, 0.5) is 17.5 Å². The number of likely N-dealkylation sites (N-methyl/N-ethyl adjacent to an activating group) is 1. The van der Waals surface area contributed by atoms with E-state index in [0.29, 0.717) is 18.6 Å². The molecule has 0 radical (unpaired) electrons. The average molecular weight is 490 g/mol. The van der Waals surface area contributed by atoms with Gasteiger partial charge in [-0.25, -0.2) is 4.98 Å². The molecular weight excluding hydrogens is 450 g/mol. The van der Waals surface area contributed by atoms with E-state index in [-0.39, 0.29) is 12.1 Å². The van der Waals surface area contributed by atoms with Gasteiger partial charge in [-0.3, -0.25) is 4.90 Å². The molecule has 0 amide bonds. The number of nitrogens with zero attached hydrogens (tertiary/aromatic N) is 7. The van der Waals surface area contributed by atoms with Crippen molar-refractivity contribution in [3.8, 4) is 0 Å². The van der Waals surface area contributed by atoms with E-state index in [1.54, 1.807) is 0 Å². The fourth-order valence-corrected chi connectivity index (χ4v) is 6.11. The van der Waals surface area contributed by atoms with Gasteiger partial charge in [-0.05, 0) is 58.2 Å². The van der Waals surface area contributed by atoms with E-state index >= 15 is 0 Å². The SMILES string of the molecule is CC(C)n1cnc2c(NCc3ccccc3N3CC4CCC(C3)N4C)nc(N3CCC(N)CC3)nc21. The smallest absolute Gasteiger partial charge is 0.229 e. The van der Waals surface area contributed by atoms with Gasteiger partial charge < -0.3 is 25.4 Å². The molecule has 2 aromatic heterocycles. The predicted octanol–water partition coefficient (Wildman–Crippen LogP) is 3.23. The molecule has 192 valence electrons. The van der Waals surface area contributed by atoms with Gasteiger partial charge in [0.25, 0.3) is 0 Å². The molecule has 2 unspecified atom stereocenters. The molecular formula is C27H39N9. The first-order valence-electron chi connectivity index (χ1n) is 13.5. The Kier molecular flexibility index (Phi) is 6.21. The Hall–Kier alpha value is -2.91. The number of rotatable bonds is 6. The first-order valence-corrected chi connectivity index (χ1v) is 13.5. The van der Waals surface area contributed by atoms with Crippen LogP contribution >= 0.6 is 0 Å². The lowest BCUT2D eigenvalue weighted by molar-refractivity contribution is 0.212. The van der Waals surface area contributed by atoms with Crippen molar-refractivity contribution < 1.29 is 0 Å². The highest BCUT2D eigenvalue weighted by molar-refractivity contribution is 5.84. The van der Waals surface area contributed by atoms with E-state index < -0.39 is 0 Å². The van der Waals surface area contributed by atoms with Crippen molar-refractivity contribution in [2.24, 2.45) is 5.73 Å². The van der Waals surface area contributed by atoms with Gasteiger partial charge in [0.15, 0.2) is 17.0 Å². The summed E-state index contributed by atoms with van der Waals surface area (Å²) in [6.45, 7) is 8.99. The van der Waals surface area contributed by atoms with Crippen LogP contribution in [-0.2, 0) is 6.54 Å². The van der Waals surface area contributed by atoms with Crippen LogP contribution in [0.3, 0.4) is 0 Å². The van der Waals surface area contributed by atoms with Crippen LogP contribution in [0.15, 0.2) is 30.6 Å². The van der Waals surface area contributed by atoms with E-state index in [0.717, 1.165) is 62.0 Å². The number of nitrogens with two attached hydrogens (primary N) is 1. The zero-order valence-electron chi connectivity index (χ0n) is 21.8. The zero-order chi connectivity index (χ0) is 24.8. The van der Waals surface area contributed by atoms with E-state index in [9.17, 15) is 0 Å². The van der Waals surface area contributed by atoms with Crippen molar-refractivity contribution >= 4 is 28.6 Å². The summed E-state index contributed by atoms with van der Waals surface area (Å²) in [7, 11) is 2.29. The summed E-state index contributed by atoms with van der Waals surface area (Å²) < 4.78 is 2.13. The summed E-state index contributed by atoms with van der Waals surface area (Å²) in [5, 5.41) is 3.66. The Morgan fingerprint density at radius 1 is 1.00 bits per heavy atom. The van der Waals surface area contributed by atoms with Gasteiger partial charge in [0.2, 0.25) is 5.95 Å². The van der Waals surface area contributed by atoms with Crippen LogP contribution in [0.1, 0.15) is 51.1 Å². The highest BCUT2D eigenvalue weighted by atomic mass is 15.3. The normalized spacial score (nSPS) is 23.2. The van der Waals surface area contributed by atoms with Crippen LogP contribution < -0.4 is 20.9 Å². The van der Waals surface area contributed by atoms with Crippen molar-refractivity contribution in [3.05, 3.63) is 36.2 Å². The fourth-order valence-electron chi connectivity index (χ4n) is 6.11. The average Bonchev–Trinajstić information content (AvgIpc) is 3.38. The van der Waals surface area contributed by atoms with Crippen molar-refractivity contribution in [3.63, 3.8) is 0 Å². The number of hydrogen-bond acceptors (Lipinski definition) is 8. The first-order chi connectivity index (χ1) is 17.5. The largest absolute Gasteiger partial charge is 0.368 e. The van der Waals surface area contributed by atoms with Gasteiger partial charge in [-0.1, -0.05) is 18.2 Å². The number of piperazine rings is 1. The van der Waals surface area contributed by atoms with E-state index in [4.69, 9.17) is 20.7 Å². The standard InChI is InChI=1S/C27H39N9/c1-18(2)36-17-30-24-25(31-27(32-26(24)36)34-12-10-20(28)11-13-34)29-14-19-6-4-5-7-23(19)35-15-21-8-9-22(16-35)33(21)3/h4-7,17-18,20-22H,8-16,28H2,1-3H3,(H,29,31,32). The van der Waals surface area contributed by atoms with Crippen LogP contribution in [0.5, 0.6) is 0 Å².